The molecule has 168 valence electrons. The number of carbonyl (C=O) groups excluding carboxylic acids is 1. The zero-order valence-corrected chi connectivity index (χ0v) is 18.2. The van der Waals surface area contributed by atoms with Crippen LogP contribution in [0.1, 0.15) is 30.0 Å². The molecule has 1 N–H and O–H groups in total. The number of phenolic OH excluding ortho intramolecular Hbond substituents is 1. The number of hydrazone groups is 1. The monoisotopic (exact) mass is 438 g/mol. The molecule has 0 aliphatic carbocycles. The van der Waals surface area contributed by atoms with Crippen LogP contribution in [0, 0.1) is 11.7 Å². The lowest BCUT2D eigenvalue weighted by atomic mass is 9.86. The van der Waals surface area contributed by atoms with Gasteiger partial charge in [-0.3, -0.25) is 0 Å². The summed E-state index contributed by atoms with van der Waals surface area (Å²) in [7, 11) is 3.91. The Labute approximate surface area is 186 Å². The molecular formula is C24H27FN4O3. The smallest absolute Gasteiger partial charge is 0.341 e. The van der Waals surface area contributed by atoms with E-state index in [0.717, 1.165) is 31.5 Å². The predicted molar refractivity (Wildman–Crippen MR) is 118 cm³/mol. The van der Waals surface area contributed by atoms with E-state index in [9.17, 15) is 14.3 Å². The molecule has 32 heavy (non-hydrogen) atoms. The van der Waals surface area contributed by atoms with Crippen molar-refractivity contribution < 1.29 is 19.0 Å². The van der Waals surface area contributed by atoms with E-state index < -0.39 is 6.04 Å². The van der Waals surface area contributed by atoms with Crippen LogP contribution in [0.25, 0.3) is 0 Å². The minimum atomic E-state index is -0.449. The van der Waals surface area contributed by atoms with Gasteiger partial charge < -0.3 is 19.6 Å². The first-order valence-corrected chi connectivity index (χ1v) is 11.0. The summed E-state index contributed by atoms with van der Waals surface area (Å²) in [5, 5.41) is 16.3. The topological polar surface area (TPSA) is 68.6 Å². The number of benzene rings is 2. The lowest BCUT2D eigenvalue weighted by molar-refractivity contribution is 0.102. The number of nitrogens with zero attached hydrogens (tertiary/aromatic N) is 4. The number of aromatic hydroxyl groups is 1. The summed E-state index contributed by atoms with van der Waals surface area (Å²) >= 11 is 0. The summed E-state index contributed by atoms with van der Waals surface area (Å²) in [6.45, 7) is 2.20. The number of ether oxygens (including phenoxy) is 1. The standard InChI is InChI=1S/C24H27FN4O3/c1-27-10-8-17(9-11-27)28(2)24(31)29-23(15-4-3-5-18(30)12-15)20-14-32-21-7-6-16(25)13-19(21)22(20)26-29/h3-7,12-13,17,20,23,30H,8-11,14H2,1-2H3/t20-,23+/m1/s1. The third kappa shape index (κ3) is 3.58. The minimum absolute atomic E-state index is 0.121. The van der Waals surface area contributed by atoms with E-state index in [1.807, 2.05) is 13.1 Å². The summed E-state index contributed by atoms with van der Waals surface area (Å²) in [4.78, 5) is 17.7. The molecule has 0 spiro atoms. The highest BCUT2D eigenvalue weighted by Crippen LogP contribution is 2.43. The maximum absolute atomic E-state index is 14.0. The van der Waals surface area contributed by atoms with Crippen LogP contribution in [-0.2, 0) is 0 Å². The van der Waals surface area contributed by atoms with Gasteiger partial charge in [-0.25, -0.2) is 14.2 Å². The second kappa shape index (κ2) is 8.09. The number of hydrogen-bond acceptors (Lipinski definition) is 5. The molecule has 5 rings (SSSR count). The fraction of sp³-hybridized carbons (Fsp3) is 0.417. The first-order chi connectivity index (χ1) is 15.4. The molecule has 2 amide bonds. The van der Waals surface area contributed by atoms with Gasteiger partial charge in [0.2, 0.25) is 0 Å². The lowest BCUT2D eigenvalue weighted by Crippen LogP contribution is -2.49. The van der Waals surface area contributed by atoms with E-state index in [0.29, 0.717) is 23.6 Å². The number of urea groups is 1. The molecule has 1 saturated heterocycles. The molecule has 3 aliphatic heterocycles. The van der Waals surface area contributed by atoms with Gasteiger partial charge >= 0.3 is 6.03 Å². The molecule has 8 heteroatoms. The zero-order valence-electron chi connectivity index (χ0n) is 18.2. The molecule has 2 aromatic rings. The molecule has 0 unspecified atom stereocenters. The maximum Gasteiger partial charge on any atom is 0.341 e. The SMILES string of the molecule is CN1CCC(N(C)C(=O)N2N=C3c4cc(F)ccc4OC[C@H]3[C@@H]2c2cccc(O)c2)CC1. The van der Waals surface area contributed by atoms with E-state index in [1.54, 1.807) is 29.2 Å². The Balaban J connectivity index is 1.53. The third-order valence-electron chi connectivity index (χ3n) is 6.79. The van der Waals surface area contributed by atoms with Gasteiger partial charge in [0.25, 0.3) is 0 Å². The van der Waals surface area contributed by atoms with E-state index >= 15 is 0 Å². The van der Waals surface area contributed by atoms with Crippen LogP contribution in [0.3, 0.4) is 0 Å². The van der Waals surface area contributed by atoms with Crippen molar-refractivity contribution in [3.05, 3.63) is 59.4 Å². The number of likely N-dealkylation sites (tertiary alicyclic amines) is 1. The Bertz CT molecular complexity index is 1070. The van der Waals surface area contributed by atoms with Crippen molar-refractivity contribution in [3.8, 4) is 11.5 Å². The fourth-order valence-corrected chi connectivity index (χ4v) is 4.95. The van der Waals surface area contributed by atoms with Gasteiger partial charge in [-0.1, -0.05) is 12.1 Å². The molecule has 2 atom stereocenters. The first-order valence-electron chi connectivity index (χ1n) is 11.0. The van der Waals surface area contributed by atoms with E-state index in [4.69, 9.17) is 9.84 Å². The molecule has 0 saturated carbocycles. The number of phenols is 1. The fourth-order valence-electron chi connectivity index (χ4n) is 4.95. The van der Waals surface area contributed by atoms with E-state index in [2.05, 4.69) is 11.9 Å². The van der Waals surface area contributed by atoms with E-state index in [1.165, 1.54) is 17.1 Å². The molecule has 0 radical (unpaired) electrons. The number of carbonyl (C=O) groups is 1. The molecular weight excluding hydrogens is 411 g/mol. The Morgan fingerprint density at radius 2 is 2.00 bits per heavy atom. The van der Waals surface area contributed by atoms with Crippen LogP contribution in [0.15, 0.2) is 47.6 Å². The lowest BCUT2D eigenvalue weighted by Gasteiger charge is -2.37. The molecule has 2 aromatic carbocycles. The van der Waals surface area contributed by atoms with Gasteiger partial charge in [-0.2, -0.15) is 5.10 Å². The first kappa shape index (κ1) is 20.8. The largest absolute Gasteiger partial charge is 0.508 e. The average Bonchev–Trinajstić information content (AvgIpc) is 3.19. The van der Waals surface area contributed by atoms with Crippen molar-refractivity contribution in [2.45, 2.75) is 24.9 Å². The highest BCUT2D eigenvalue weighted by Gasteiger charge is 2.46. The molecule has 1 fully saturated rings. The summed E-state index contributed by atoms with van der Waals surface area (Å²) in [6, 6.07) is 10.7. The number of rotatable bonds is 2. The second-order valence-electron chi connectivity index (χ2n) is 8.86. The average molecular weight is 439 g/mol. The molecule has 3 aliphatic rings. The molecule has 0 aromatic heterocycles. The van der Waals surface area contributed by atoms with Crippen LogP contribution in [0.5, 0.6) is 11.5 Å². The number of amides is 2. The molecule has 0 bridgehead atoms. The number of fused-ring (bicyclic) bond motifs is 3. The second-order valence-corrected chi connectivity index (χ2v) is 8.86. The van der Waals surface area contributed by atoms with Crippen molar-refractivity contribution in [2.24, 2.45) is 11.0 Å². The Kier molecular flexibility index (Phi) is 5.25. The zero-order chi connectivity index (χ0) is 22.4. The van der Waals surface area contributed by atoms with Gasteiger partial charge in [-0.15, -0.1) is 0 Å². The van der Waals surface area contributed by atoms with Crippen molar-refractivity contribution >= 4 is 11.7 Å². The molecule has 7 nitrogen and oxygen atoms in total. The quantitative estimate of drug-likeness (QED) is 0.780. The highest BCUT2D eigenvalue weighted by molar-refractivity contribution is 6.07. The Hall–Kier alpha value is -3.13. The van der Waals surface area contributed by atoms with Gasteiger partial charge in [-0.05, 0) is 68.9 Å². The predicted octanol–water partition coefficient (Wildman–Crippen LogP) is 3.45. The van der Waals surface area contributed by atoms with Crippen molar-refractivity contribution in [1.29, 1.82) is 0 Å². The van der Waals surface area contributed by atoms with Gasteiger partial charge in [0.15, 0.2) is 0 Å². The Morgan fingerprint density at radius 3 is 2.75 bits per heavy atom. The summed E-state index contributed by atoms with van der Waals surface area (Å²) in [6.07, 6.45) is 1.81. The van der Waals surface area contributed by atoms with Crippen molar-refractivity contribution in [2.75, 3.05) is 33.8 Å². The van der Waals surface area contributed by atoms with Gasteiger partial charge in [0.05, 0.1) is 24.3 Å². The van der Waals surface area contributed by atoms with Gasteiger partial charge in [0.1, 0.15) is 17.3 Å². The van der Waals surface area contributed by atoms with Crippen molar-refractivity contribution in [1.82, 2.24) is 14.8 Å². The van der Waals surface area contributed by atoms with Crippen LogP contribution in [0.2, 0.25) is 0 Å². The molecule has 3 heterocycles. The van der Waals surface area contributed by atoms with Crippen LogP contribution < -0.4 is 4.74 Å². The maximum atomic E-state index is 14.0. The summed E-state index contributed by atoms with van der Waals surface area (Å²) in [5.74, 6) is 0.0444. The van der Waals surface area contributed by atoms with Crippen LogP contribution in [-0.4, -0.2) is 71.5 Å². The normalized spacial score (nSPS) is 23.2. The number of hydrogen-bond donors (Lipinski definition) is 1. The Morgan fingerprint density at radius 1 is 1.22 bits per heavy atom. The minimum Gasteiger partial charge on any atom is -0.508 e. The van der Waals surface area contributed by atoms with Crippen LogP contribution >= 0.6 is 0 Å². The number of piperidine rings is 1. The van der Waals surface area contributed by atoms with Crippen LogP contribution in [0.4, 0.5) is 9.18 Å². The summed E-state index contributed by atoms with van der Waals surface area (Å²) in [5.41, 5.74) is 1.98. The summed E-state index contributed by atoms with van der Waals surface area (Å²) < 4.78 is 20.0. The number of halogens is 1. The highest BCUT2D eigenvalue weighted by atomic mass is 19.1. The van der Waals surface area contributed by atoms with Crippen molar-refractivity contribution in [3.63, 3.8) is 0 Å². The third-order valence-corrected chi connectivity index (χ3v) is 6.79. The van der Waals surface area contributed by atoms with E-state index in [-0.39, 0.29) is 29.6 Å². The van der Waals surface area contributed by atoms with Gasteiger partial charge in [0, 0.05) is 18.7 Å².